The number of hydrogen-bond acceptors (Lipinski definition) is 3. The van der Waals surface area contributed by atoms with Crippen LogP contribution in [0.1, 0.15) is 32.6 Å². The van der Waals surface area contributed by atoms with Crippen molar-refractivity contribution in [3.05, 3.63) is 0 Å². The third-order valence-electron chi connectivity index (χ3n) is 4.04. The normalized spacial score (nSPS) is 34.0. The molecule has 1 amide bonds. The Morgan fingerprint density at radius 1 is 1.47 bits per heavy atom. The summed E-state index contributed by atoms with van der Waals surface area (Å²) in [6.07, 6.45) is 4.17. The lowest BCUT2D eigenvalue weighted by molar-refractivity contribution is -0.144. The molecule has 3 unspecified atom stereocenters. The average molecular weight is 240 g/mol. The molecule has 0 spiro atoms. The first kappa shape index (κ1) is 12.8. The molecule has 17 heavy (non-hydrogen) atoms. The van der Waals surface area contributed by atoms with Gasteiger partial charge < -0.3 is 15.4 Å². The van der Waals surface area contributed by atoms with Gasteiger partial charge in [-0.3, -0.25) is 4.79 Å². The first-order chi connectivity index (χ1) is 8.22. The van der Waals surface area contributed by atoms with E-state index in [9.17, 15) is 4.79 Å². The molecule has 2 saturated heterocycles. The minimum atomic E-state index is -0.188. The molecular weight excluding hydrogens is 216 g/mol. The predicted octanol–water partition coefficient (Wildman–Crippen LogP) is 0.999. The molecule has 2 fully saturated rings. The van der Waals surface area contributed by atoms with E-state index in [-0.39, 0.29) is 12.0 Å². The van der Waals surface area contributed by atoms with Crippen LogP contribution in [-0.4, -0.2) is 43.2 Å². The second-order valence-corrected chi connectivity index (χ2v) is 5.43. The largest absolute Gasteiger partial charge is 0.368 e. The quantitative estimate of drug-likeness (QED) is 0.800. The standard InChI is InChI=1S/C13H24N2O2/c1-10-5-8-17-12(10)13(16)15-7-2-3-11(9-15)4-6-14/h10-12H,2-9,14H2,1H3. The maximum Gasteiger partial charge on any atom is 0.251 e. The lowest BCUT2D eigenvalue weighted by Gasteiger charge is -2.34. The van der Waals surface area contributed by atoms with Gasteiger partial charge in [0, 0.05) is 19.7 Å². The lowest BCUT2D eigenvalue weighted by Crippen LogP contribution is -2.46. The molecule has 98 valence electrons. The molecule has 4 nitrogen and oxygen atoms in total. The summed E-state index contributed by atoms with van der Waals surface area (Å²) in [5, 5.41) is 0. The number of carbonyl (C=O) groups is 1. The van der Waals surface area contributed by atoms with E-state index in [0.717, 1.165) is 45.5 Å². The first-order valence-corrected chi connectivity index (χ1v) is 6.83. The number of amides is 1. The highest BCUT2D eigenvalue weighted by Crippen LogP contribution is 2.25. The zero-order valence-corrected chi connectivity index (χ0v) is 10.7. The van der Waals surface area contributed by atoms with E-state index in [2.05, 4.69) is 6.92 Å². The van der Waals surface area contributed by atoms with Crippen LogP contribution >= 0.6 is 0 Å². The lowest BCUT2D eigenvalue weighted by atomic mass is 9.93. The maximum atomic E-state index is 12.3. The summed E-state index contributed by atoms with van der Waals surface area (Å²) >= 11 is 0. The van der Waals surface area contributed by atoms with Gasteiger partial charge in [-0.25, -0.2) is 0 Å². The van der Waals surface area contributed by atoms with Crippen molar-refractivity contribution in [1.29, 1.82) is 0 Å². The van der Waals surface area contributed by atoms with Gasteiger partial charge in [-0.15, -0.1) is 0 Å². The van der Waals surface area contributed by atoms with E-state index >= 15 is 0 Å². The fourth-order valence-electron chi connectivity index (χ4n) is 2.93. The molecule has 0 aliphatic carbocycles. The highest BCUT2D eigenvalue weighted by Gasteiger charge is 2.35. The molecule has 2 N–H and O–H groups in total. The van der Waals surface area contributed by atoms with Crippen LogP contribution in [0.2, 0.25) is 0 Å². The van der Waals surface area contributed by atoms with Gasteiger partial charge >= 0.3 is 0 Å². The minimum Gasteiger partial charge on any atom is -0.368 e. The smallest absolute Gasteiger partial charge is 0.251 e. The van der Waals surface area contributed by atoms with Gasteiger partial charge in [-0.2, -0.15) is 0 Å². The number of hydrogen-bond donors (Lipinski definition) is 1. The van der Waals surface area contributed by atoms with Crippen molar-refractivity contribution in [3.63, 3.8) is 0 Å². The Labute approximate surface area is 103 Å². The van der Waals surface area contributed by atoms with Crippen molar-refractivity contribution in [2.24, 2.45) is 17.6 Å². The molecule has 2 aliphatic rings. The summed E-state index contributed by atoms with van der Waals surface area (Å²) in [5.41, 5.74) is 5.60. The van der Waals surface area contributed by atoms with E-state index in [1.54, 1.807) is 0 Å². The van der Waals surface area contributed by atoms with Crippen molar-refractivity contribution in [2.75, 3.05) is 26.2 Å². The average Bonchev–Trinajstić information content (AvgIpc) is 2.75. The van der Waals surface area contributed by atoms with E-state index in [4.69, 9.17) is 10.5 Å². The molecule has 2 rings (SSSR count). The summed E-state index contributed by atoms with van der Waals surface area (Å²) in [7, 11) is 0. The molecule has 2 heterocycles. The van der Waals surface area contributed by atoms with Crippen molar-refractivity contribution in [3.8, 4) is 0 Å². The number of nitrogens with two attached hydrogens (primary N) is 1. The van der Waals surface area contributed by atoms with Crippen LogP contribution in [-0.2, 0) is 9.53 Å². The molecule has 0 aromatic rings. The zero-order chi connectivity index (χ0) is 12.3. The Morgan fingerprint density at radius 3 is 2.94 bits per heavy atom. The maximum absolute atomic E-state index is 12.3. The second-order valence-electron chi connectivity index (χ2n) is 5.43. The molecule has 2 aliphatic heterocycles. The fourth-order valence-corrected chi connectivity index (χ4v) is 2.93. The van der Waals surface area contributed by atoms with Gasteiger partial charge in [0.25, 0.3) is 5.91 Å². The number of nitrogens with zero attached hydrogens (tertiary/aromatic N) is 1. The molecule has 0 bridgehead atoms. The third kappa shape index (κ3) is 2.99. The van der Waals surface area contributed by atoms with E-state index in [1.165, 1.54) is 6.42 Å². The molecule has 0 aromatic heterocycles. The fraction of sp³-hybridized carbons (Fsp3) is 0.923. The van der Waals surface area contributed by atoms with Gasteiger partial charge in [-0.05, 0) is 44.1 Å². The third-order valence-corrected chi connectivity index (χ3v) is 4.04. The van der Waals surface area contributed by atoms with Crippen molar-refractivity contribution >= 4 is 5.91 Å². The van der Waals surface area contributed by atoms with Crippen molar-refractivity contribution < 1.29 is 9.53 Å². The second kappa shape index (κ2) is 5.83. The van der Waals surface area contributed by atoms with Crippen LogP contribution < -0.4 is 5.73 Å². The van der Waals surface area contributed by atoms with Crippen LogP contribution in [0.25, 0.3) is 0 Å². The van der Waals surface area contributed by atoms with Crippen molar-refractivity contribution in [1.82, 2.24) is 4.90 Å². The molecular formula is C13H24N2O2. The van der Waals surface area contributed by atoms with Gasteiger partial charge in [0.15, 0.2) is 0 Å². The van der Waals surface area contributed by atoms with Gasteiger partial charge in [0.05, 0.1) is 0 Å². The molecule has 4 heteroatoms. The summed E-state index contributed by atoms with van der Waals surface area (Å²) in [6, 6.07) is 0. The topological polar surface area (TPSA) is 55.6 Å². The summed E-state index contributed by atoms with van der Waals surface area (Å²) in [5.74, 6) is 1.17. The molecule has 0 radical (unpaired) electrons. The summed E-state index contributed by atoms with van der Waals surface area (Å²) in [6.45, 7) is 5.34. The SMILES string of the molecule is CC1CCOC1C(=O)N1CCCC(CCN)C1. The molecule has 3 atom stereocenters. The van der Waals surface area contributed by atoms with Gasteiger partial charge in [0.1, 0.15) is 6.10 Å². The van der Waals surface area contributed by atoms with Crippen LogP contribution in [0.5, 0.6) is 0 Å². The number of carbonyl (C=O) groups excluding carboxylic acids is 1. The van der Waals surface area contributed by atoms with Gasteiger partial charge in [-0.1, -0.05) is 6.92 Å². The number of likely N-dealkylation sites (tertiary alicyclic amines) is 1. The number of piperidine rings is 1. The predicted molar refractivity (Wildman–Crippen MR) is 66.5 cm³/mol. The van der Waals surface area contributed by atoms with Gasteiger partial charge in [0.2, 0.25) is 0 Å². The van der Waals surface area contributed by atoms with E-state index in [1.807, 2.05) is 4.90 Å². The molecule has 0 saturated carbocycles. The Balaban J connectivity index is 1.90. The Hall–Kier alpha value is -0.610. The monoisotopic (exact) mass is 240 g/mol. The first-order valence-electron chi connectivity index (χ1n) is 6.83. The van der Waals surface area contributed by atoms with Crippen LogP contribution in [0.15, 0.2) is 0 Å². The summed E-state index contributed by atoms with van der Waals surface area (Å²) in [4.78, 5) is 14.3. The van der Waals surface area contributed by atoms with Crippen molar-refractivity contribution in [2.45, 2.75) is 38.7 Å². The van der Waals surface area contributed by atoms with E-state index < -0.39 is 0 Å². The summed E-state index contributed by atoms with van der Waals surface area (Å²) < 4.78 is 5.56. The zero-order valence-electron chi connectivity index (χ0n) is 10.7. The van der Waals surface area contributed by atoms with E-state index in [0.29, 0.717) is 11.8 Å². The van der Waals surface area contributed by atoms with Crippen LogP contribution in [0, 0.1) is 11.8 Å². The Bertz CT molecular complexity index is 268. The Morgan fingerprint density at radius 2 is 2.29 bits per heavy atom. The number of ether oxygens (including phenoxy) is 1. The highest BCUT2D eigenvalue weighted by molar-refractivity contribution is 5.81. The Kier molecular flexibility index (Phi) is 4.40. The van der Waals surface area contributed by atoms with Crippen LogP contribution in [0.3, 0.4) is 0 Å². The molecule has 0 aromatic carbocycles. The van der Waals surface area contributed by atoms with Crippen LogP contribution in [0.4, 0.5) is 0 Å². The number of rotatable bonds is 3. The highest BCUT2D eigenvalue weighted by atomic mass is 16.5. The minimum absolute atomic E-state index is 0.188.